The SMILES string of the molecule is Nc1cccc(-c2nccn2-c2ncncc2Cl)c1. The first kappa shape index (κ1) is 11.7. The summed E-state index contributed by atoms with van der Waals surface area (Å²) in [6.45, 7) is 0. The van der Waals surface area contributed by atoms with Gasteiger partial charge in [-0.2, -0.15) is 0 Å². The highest BCUT2D eigenvalue weighted by Crippen LogP contribution is 2.25. The van der Waals surface area contributed by atoms with Crippen molar-refractivity contribution < 1.29 is 0 Å². The molecule has 2 heterocycles. The molecule has 0 radical (unpaired) electrons. The number of hydrogen-bond acceptors (Lipinski definition) is 4. The van der Waals surface area contributed by atoms with Gasteiger partial charge >= 0.3 is 0 Å². The number of anilines is 1. The predicted molar refractivity (Wildman–Crippen MR) is 74.0 cm³/mol. The number of rotatable bonds is 2. The van der Waals surface area contributed by atoms with Crippen LogP contribution in [0.3, 0.4) is 0 Å². The summed E-state index contributed by atoms with van der Waals surface area (Å²) in [5, 5.41) is 0.464. The Morgan fingerprint density at radius 1 is 1.21 bits per heavy atom. The highest BCUT2D eigenvalue weighted by molar-refractivity contribution is 6.32. The number of hydrogen-bond donors (Lipinski definition) is 1. The van der Waals surface area contributed by atoms with Crippen LogP contribution in [0.15, 0.2) is 49.2 Å². The van der Waals surface area contributed by atoms with Crippen molar-refractivity contribution in [3.8, 4) is 17.2 Å². The first-order chi connectivity index (χ1) is 9.25. The van der Waals surface area contributed by atoms with Crippen molar-refractivity contribution >= 4 is 17.3 Å². The fraction of sp³-hybridized carbons (Fsp3) is 0. The molecule has 3 aromatic rings. The molecule has 0 atom stereocenters. The topological polar surface area (TPSA) is 69.6 Å². The second-order valence-corrected chi connectivity index (χ2v) is 4.35. The number of nitrogens with two attached hydrogens (primary N) is 1. The van der Waals surface area contributed by atoms with Crippen LogP contribution in [-0.4, -0.2) is 19.5 Å². The van der Waals surface area contributed by atoms with E-state index in [1.807, 2.05) is 24.3 Å². The van der Waals surface area contributed by atoms with Crippen LogP contribution in [0, 0.1) is 0 Å². The quantitative estimate of drug-likeness (QED) is 0.727. The molecule has 0 fully saturated rings. The Labute approximate surface area is 114 Å². The van der Waals surface area contributed by atoms with Gasteiger partial charge in [-0.25, -0.2) is 15.0 Å². The third kappa shape index (κ3) is 2.15. The van der Waals surface area contributed by atoms with Gasteiger partial charge in [0.2, 0.25) is 0 Å². The summed E-state index contributed by atoms with van der Waals surface area (Å²) in [7, 11) is 0. The van der Waals surface area contributed by atoms with Crippen molar-refractivity contribution in [1.29, 1.82) is 0 Å². The van der Waals surface area contributed by atoms with E-state index in [0.717, 1.165) is 11.4 Å². The third-order valence-corrected chi connectivity index (χ3v) is 2.93. The smallest absolute Gasteiger partial charge is 0.160 e. The van der Waals surface area contributed by atoms with E-state index >= 15 is 0 Å². The molecule has 2 N–H and O–H groups in total. The Kier molecular flexibility index (Phi) is 2.89. The zero-order valence-electron chi connectivity index (χ0n) is 9.86. The Morgan fingerprint density at radius 3 is 2.89 bits per heavy atom. The monoisotopic (exact) mass is 271 g/mol. The summed E-state index contributed by atoms with van der Waals surface area (Å²) in [5.74, 6) is 1.32. The molecule has 3 rings (SSSR count). The molecule has 0 spiro atoms. The molecule has 5 nitrogen and oxygen atoms in total. The van der Waals surface area contributed by atoms with Crippen LogP contribution in [0.4, 0.5) is 5.69 Å². The van der Waals surface area contributed by atoms with Crippen molar-refractivity contribution in [3.63, 3.8) is 0 Å². The van der Waals surface area contributed by atoms with Crippen LogP contribution in [0.5, 0.6) is 0 Å². The van der Waals surface area contributed by atoms with Gasteiger partial charge in [0.05, 0.1) is 6.20 Å². The Morgan fingerprint density at radius 2 is 2.11 bits per heavy atom. The second kappa shape index (κ2) is 4.70. The van der Waals surface area contributed by atoms with Gasteiger partial charge in [-0.1, -0.05) is 23.7 Å². The fourth-order valence-corrected chi connectivity index (χ4v) is 2.05. The molecule has 6 heteroatoms. The molecular formula is C13H10ClN5. The van der Waals surface area contributed by atoms with Crippen LogP contribution in [-0.2, 0) is 0 Å². The molecule has 19 heavy (non-hydrogen) atoms. The number of benzene rings is 1. The summed E-state index contributed by atoms with van der Waals surface area (Å²) in [4.78, 5) is 12.4. The van der Waals surface area contributed by atoms with Crippen LogP contribution < -0.4 is 5.73 Å². The van der Waals surface area contributed by atoms with Crippen LogP contribution >= 0.6 is 11.6 Å². The van der Waals surface area contributed by atoms with E-state index in [4.69, 9.17) is 17.3 Å². The van der Waals surface area contributed by atoms with Gasteiger partial charge in [0.1, 0.15) is 17.2 Å². The lowest BCUT2D eigenvalue weighted by Gasteiger charge is -2.08. The number of nitrogen functional groups attached to an aromatic ring is 1. The van der Waals surface area contributed by atoms with Crippen molar-refractivity contribution in [3.05, 3.63) is 54.2 Å². The van der Waals surface area contributed by atoms with E-state index in [-0.39, 0.29) is 0 Å². The lowest BCUT2D eigenvalue weighted by Crippen LogP contribution is -2.00. The minimum atomic E-state index is 0.464. The Balaban J connectivity index is 2.16. The molecule has 0 unspecified atom stereocenters. The molecule has 0 bridgehead atoms. The molecule has 0 saturated carbocycles. The average molecular weight is 272 g/mol. The minimum absolute atomic E-state index is 0.464. The van der Waals surface area contributed by atoms with Gasteiger partial charge in [-0.15, -0.1) is 0 Å². The van der Waals surface area contributed by atoms with E-state index in [1.165, 1.54) is 6.33 Å². The molecule has 0 aliphatic carbocycles. The van der Waals surface area contributed by atoms with Crippen LogP contribution in [0.2, 0.25) is 5.02 Å². The normalized spacial score (nSPS) is 10.6. The summed E-state index contributed by atoms with van der Waals surface area (Å²) in [6, 6.07) is 7.50. The van der Waals surface area contributed by atoms with Gasteiger partial charge in [0.25, 0.3) is 0 Å². The van der Waals surface area contributed by atoms with E-state index in [0.29, 0.717) is 16.5 Å². The molecule has 0 saturated heterocycles. The zero-order valence-corrected chi connectivity index (χ0v) is 10.6. The highest BCUT2D eigenvalue weighted by atomic mass is 35.5. The molecule has 1 aromatic carbocycles. The Bertz CT molecular complexity index is 722. The van der Waals surface area contributed by atoms with E-state index < -0.39 is 0 Å². The maximum Gasteiger partial charge on any atom is 0.160 e. The lowest BCUT2D eigenvalue weighted by molar-refractivity contribution is 0.979. The third-order valence-electron chi connectivity index (χ3n) is 2.66. The lowest BCUT2D eigenvalue weighted by atomic mass is 10.2. The van der Waals surface area contributed by atoms with E-state index in [2.05, 4.69) is 15.0 Å². The molecule has 2 aromatic heterocycles. The first-order valence-corrected chi connectivity index (χ1v) is 5.98. The fourth-order valence-electron chi connectivity index (χ4n) is 1.85. The maximum atomic E-state index is 6.11. The summed E-state index contributed by atoms with van der Waals surface area (Å²) < 4.78 is 1.80. The standard InChI is InChI=1S/C13H10ClN5/c14-11-7-16-8-18-13(11)19-5-4-17-12(19)9-2-1-3-10(15)6-9/h1-8H,15H2. The van der Waals surface area contributed by atoms with Crippen molar-refractivity contribution in [1.82, 2.24) is 19.5 Å². The molecule has 0 aliphatic rings. The van der Waals surface area contributed by atoms with Gasteiger partial charge in [-0.3, -0.25) is 4.57 Å². The van der Waals surface area contributed by atoms with Crippen LogP contribution in [0.1, 0.15) is 0 Å². The molecular weight excluding hydrogens is 262 g/mol. The molecule has 94 valence electrons. The highest BCUT2D eigenvalue weighted by Gasteiger charge is 2.11. The first-order valence-electron chi connectivity index (χ1n) is 5.61. The van der Waals surface area contributed by atoms with Crippen molar-refractivity contribution in [2.24, 2.45) is 0 Å². The minimum Gasteiger partial charge on any atom is -0.399 e. The van der Waals surface area contributed by atoms with Gasteiger partial charge in [-0.05, 0) is 12.1 Å². The summed E-state index contributed by atoms with van der Waals surface area (Å²) in [6.07, 6.45) is 6.49. The Hall–Kier alpha value is -2.40. The van der Waals surface area contributed by atoms with Gasteiger partial charge in [0.15, 0.2) is 5.82 Å². The molecule has 0 aliphatic heterocycles. The molecule has 0 amide bonds. The van der Waals surface area contributed by atoms with Crippen molar-refractivity contribution in [2.75, 3.05) is 5.73 Å². The number of imidazole rings is 1. The zero-order chi connectivity index (χ0) is 13.2. The average Bonchev–Trinajstić information content (AvgIpc) is 2.88. The maximum absolute atomic E-state index is 6.11. The number of halogens is 1. The van der Waals surface area contributed by atoms with E-state index in [9.17, 15) is 0 Å². The second-order valence-electron chi connectivity index (χ2n) is 3.94. The predicted octanol–water partition coefficient (Wildman–Crippen LogP) is 2.56. The van der Waals surface area contributed by atoms with E-state index in [1.54, 1.807) is 23.2 Å². The summed E-state index contributed by atoms with van der Waals surface area (Å²) in [5.41, 5.74) is 7.38. The van der Waals surface area contributed by atoms with Gasteiger partial charge < -0.3 is 5.73 Å². The number of nitrogens with zero attached hydrogens (tertiary/aromatic N) is 4. The summed E-state index contributed by atoms with van der Waals surface area (Å²) >= 11 is 6.11. The van der Waals surface area contributed by atoms with Crippen LogP contribution in [0.25, 0.3) is 17.2 Å². The largest absolute Gasteiger partial charge is 0.399 e. The number of aromatic nitrogens is 4. The van der Waals surface area contributed by atoms with Gasteiger partial charge in [0, 0.05) is 23.6 Å². The van der Waals surface area contributed by atoms with Crippen molar-refractivity contribution in [2.45, 2.75) is 0 Å².